The van der Waals surface area contributed by atoms with Crippen molar-refractivity contribution in [2.75, 3.05) is 37.4 Å². The fourth-order valence-electron chi connectivity index (χ4n) is 1.43. The fourth-order valence-corrected chi connectivity index (χ4v) is 1.43. The predicted octanol–water partition coefficient (Wildman–Crippen LogP) is 0.939. The summed E-state index contributed by atoms with van der Waals surface area (Å²) in [4.78, 5) is 26.7. The van der Waals surface area contributed by atoms with E-state index in [1.165, 1.54) is 0 Å². The third-order valence-corrected chi connectivity index (χ3v) is 2.91. The summed E-state index contributed by atoms with van der Waals surface area (Å²) in [5.74, 6) is -2.01. The molecule has 3 N–H and O–H groups in total. The topological polar surface area (TPSA) is 94.6 Å². The van der Waals surface area contributed by atoms with E-state index in [-0.39, 0.29) is 11.8 Å². The number of hydrogen-bond donors (Lipinski definition) is 3. The van der Waals surface area contributed by atoms with Crippen LogP contribution in [0.5, 0.6) is 0 Å². The van der Waals surface area contributed by atoms with Gasteiger partial charge in [0.1, 0.15) is 5.82 Å². The van der Waals surface area contributed by atoms with Crippen molar-refractivity contribution < 1.29 is 27.9 Å². The number of carboxylic acid groups (broad SMARTS) is 1. The average molecular weight is 334 g/mol. The van der Waals surface area contributed by atoms with Gasteiger partial charge in [-0.2, -0.15) is 13.2 Å². The second kappa shape index (κ2) is 7.77. The highest BCUT2D eigenvalue weighted by Crippen LogP contribution is 2.14. The molecular weight excluding hydrogens is 317 g/mol. The van der Waals surface area contributed by atoms with Crippen LogP contribution in [-0.2, 0) is 9.59 Å². The molecule has 0 aliphatic carbocycles. The molecule has 128 valence electrons. The molecule has 1 aromatic heterocycles. The van der Waals surface area contributed by atoms with Crippen LogP contribution in [-0.4, -0.2) is 55.3 Å². The highest BCUT2D eigenvalue weighted by Gasteiger charge is 2.38. The number of amides is 1. The minimum atomic E-state index is -5.08. The molecule has 7 nitrogen and oxygen atoms in total. The number of rotatable bonds is 3. The van der Waals surface area contributed by atoms with E-state index in [2.05, 4.69) is 15.6 Å². The van der Waals surface area contributed by atoms with Crippen molar-refractivity contribution in [3.8, 4) is 0 Å². The van der Waals surface area contributed by atoms with Crippen molar-refractivity contribution in [1.82, 2.24) is 10.3 Å². The van der Waals surface area contributed by atoms with Gasteiger partial charge >= 0.3 is 12.1 Å². The molecule has 2 rings (SSSR count). The Kier molecular flexibility index (Phi) is 6.31. The molecular formula is C13H17F3N4O3. The molecule has 0 radical (unpaired) electrons. The molecule has 1 amide bonds. The maximum absolute atomic E-state index is 11.6. The molecule has 1 fully saturated rings. The summed E-state index contributed by atoms with van der Waals surface area (Å²) in [5.41, 5.74) is 1.02. The van der Waals surface area contributed by atoms with E-state index in [1.54, 1.807) is 6.20 Å². The average Bonchev–Trinajstić information content (AvgIpc) is 2.36. The Morgan fingerprint density at radius 2 is 1.91 bits per heavy atom. The van der Waals surface area contributed by atoms with Gasteiger partial charge in [0.05, 0.1) is 17.8 Å². The van der Waals surface area contributed by atoms with Crippen molar-refractivity contribution in [1.29, 1.82) is 0 Å². The zero-order valence-corrected chi connectivity index (χ0v) is 12.5. The van der Waals surface area contributed by atoms with Crippen LogP contribution in [0.2, 0.25) is 0 Å². The van der Waals surface area contributed by atoms with E-state index < -0.39 is 12.1 Å². The number of carbonyl (C=O) groups excluding carboxylic acids is 1. The van der Waals surface area contributed by atoms with E-state index in [0.29, 0.717) is 5.82 Å². The Balaban J connectivity index is 0.000000322. The number of aromatic nitrogens is 1. The van der Waals surface area contributed by atoms with Crippen LogP contribution in [0, 0.1) is 5.92 Å². The lowest BCUT2D eigenvalue weighted by Gasteiger charge is -2.25. The first-order valence-electron chi connectivity index (χ1n) is 6.56. The Hall–Kier alpha value is -2.36. The molecule has 0 spiro atoms. The first kappa shape index (κ1) is 18.7. The molecule has 1 saturated heterocycles. The molecule has 1 aromatic rings. The van der Waals surface area contributed by atoms with E-state index >= 15 is 0 Å². The Bertz CT molecular complexity index is 542. The van der Waals surface area contributed by atoms with Crippen molar-refractivity contribution >= 4 is 23.4 Å². The number of carbonyl (C=O) groups is 2. The maximum atomic E-state index is 11.6. The molecule has 0 aromatic carbocycles. The quantitative estimate of drug-likeness (QED) is 0.762. The van der Waals surface area contributed by atoms with Crippen molar-refractivity contribution in [2.24, 2.45) is 5.92 Å². The summed E-state index contributed by atoms with van der Waals surface area (Å²) < 4.78 is 31.7. The highest BCUT2D eigenvalue weighted by atomic mass is 19.4. The summed E-state index contributed by atoms with van der Waals surface area (Å²) in [7, 11) is 3.91. The molecule has 0 bridgehead atoms. The Morgan fingerprint density at radius 1 is 1.35 bits per heavy atom. The van der Waals surface area contributed by atoms with Gasteiger partial charge in [0, 0.05) is 27.2 Å². The number of nitrogens with one attached hydrogen (secondary N) is 2. The molecule has 10 heteroatoms. The first-order chi connectivity index (χ1) is 10.6. The number of hydrogen-bond acceptors (Lipinski definition) is 5. The zero-order valence-electron chi connectivity index (χ0n) is 12.5. The van der Waals surface area contributed by atoms with Crippen molar-refractivity contribution in [3.05, 3.63) is 18.3 Å². The molecule has 0 unspecified atom stereocenters. The lowest BCUT2D eigenvalue weighted by molar-refractivity contribution is -0.192. The summed E-state index contributed by atoms with van der Waals surface area (Å²) >= 11 is 0. The third kappa shape index (κ3) is 6.10. The number of nitrogens with zero attached hydrogens (tertiary/aromatic N) is 2. The number of halogens is 3. The second-order valence-electron chi connectivity index (χ2n) is 4.94. The summed E-state index contributed by atoms with van der Waals surface area (Å²) in [5, 5.41) is 13.0. The number of aliphatic carboxylic acids is 1. The third-order valence-electron chi connectivity index (χ3n) is 2.91. The summed E-state index contributed by atoms with van der Waals surface area (Å²) in [6.45, 7) is 1.53. The van der Waals surface area contributed by atoms with Gasteiger partial charge in [-0.05, 0) is 12.1 Å². The molecule has 0 saturated carbocycles. The van der Waals surface area contributed by atoms with Crippen molar-refractivity contribution in [2.45, 2.75) is 6.18 Å². The van der Waals surface area contributed by atoms with Crippen LogP contribution in [0.1, 0.15) is 0 Å². The first-order valence-corrected chi connectivity index (χ1v) is 6.56. The van der Waals surface area contributed by atoms with Crippen molar-refractivity contribution in [3.63, 3.8) is 0 Å². The van der Waals surface area contributed by atoms with Crippen LogP contribution in [0.4, 0.5) is 24.7 Å². The minimum absolute atomic E-state index is 0.0452. The lowest BCUT2D eigenvalue weighted by Crippen LogP contribution is -2.48. The highest BCUT2D eigenvalue weighted by molar-refractivity contribution is 5.92. The smallest absolute Gasteiger partial charge is 0.475 e. The van der Waals surface area contributed by atoms with E-state index in [1.807, 2.05) is 31.1 Å². The van der Waals surface area contributed by atoms with E-state index in [9.17, 15) is 18.0 Å². The molecule has 1 aliphatic heterocycles. The van der Waals surface area contributed by atoms with Crippen LogP contribution in [0.3, 0.4) is 0 Å². The second-order valence-corrected chi connectivity index (χ2v) is 4.94. The number of carboxylic acids is 1. The molecule has 23 heavy (non-hydrogen) atoms. The van der Waals surface area contributed by atoms with Gasteiger partial charge < -0.3 is 20.6 Å². The number of alkyl halides is 3. The Morgan fingerprint density at radius 3 is 2.22 bits per heavy atom. The SMILES string of the molecule is CN(C)c1ccc(NC(=O)C2CNC2)nc1.O=C(O)C(F)(F)F. The van der Waals surface area contributed by atoms with E-state index in [0.717, 1.165) is 18.8 Å². The Labute approximate surface area is 130 Å². The van der Waals surface area contributed by atoms with Crippen LogP contribution >= 0.6 is 0 Å². The molecule has 0 atom stereocenters. The van der Waals surface area contributed by atoms with Crippen LogP contribution < -0.4 is 15.5 Å². The summed E-state index contributed by atoms with van der Waals surface area (Å²) in [6.07, 6.45) is -3.34. The number of anilines is 2. The maximum Gasteiger partial charge on any atom is 0.490 e. The van der Waals surface area contributed by atoms with Gasteiger partial charge in [-0.1, -0.05) is 0 Å². The van der Waals surface area contributed by atoms with Crippen LogP contribution in [0.15, 0.2) is 18.3 Å². The number of pyridine rings is 1. The largest absolute Gasteiger partial charge is 0.490 e. The monoisotopic (exact) mass is 334 g/mol. The van der Waals surface area contributed by atoms with Gasteiger partial charge in [0.2, 0.25) is 5.91 Å². The normalized spacial score (nSPS) is 14.1. The predicted molar refractivity (Wildman–Crippen MR) is 77.2 cm³/mol. The van der Waals surface area contributed by atoms with Gasteiger partial charge in [-0.3, -0.25) is 4.79 Å². The van der Waals surface area contributed by atoms with Crippen LogP contribution in [0.25, 0.3) is 0 Å². The summed E-state index contributed by atoms with van der Waals surface area (Å²) in [6, 6.07) is 3.75. The van der Waals surface area contributed by atoms with Gasteiger partial charge in [0.15, 0.2) is 0 Å². The van der Waals surface area contributed by atoms with Gasteiger partial charge in [0.25, 0.3) is 0 Å². The minimum Gasteiger partial charge on any atom is -0.475 e. The fraction of sp³-hybridized carbons (Fsp3) is 0.462. The van der Waals surface area contributed by atoms with E-state index in [4.69, 9.17) is 9.90 Å². The lowest BCUT2D eigenvalue weighted by atomic mass is 10.0. The molecule has 2 heterocycles. The van der Waals surface area contributed by atoms with Gasteiger partial charge in [-0.15, -0.1) is 0 Å². The van der Waals surface area contributed by atoms with Gasteiger partial charge in [-0.25, -0.2) is 9.78 Å². The molecule has 1 aliphatic rings. The standard InChI is InChI=1S/C11H16N4O.C2HF3O2/c1-15(2)9-3-4-10(13-7-9)14-11(16)8-5-12-6-8;3-2(4,5)1(6)7/h3-4,7-8,12H,5-6H2,1-2H3,(H,13,14,16);(H,6,7). The zero-order chi connectivity index (χ0) is 17.6.